The second-order valence-electron chi connectivity index (χ2n) is 7.30. The van der Waals surface area contributed by atoms with E-state index in [0.717, 1.165) is 29.9 Å². The van der Waals surface area contributed by atoms with Gasteiger partial charge in [-0.25, -0.2) is 0 Å². The molecule has 1 aromatic rings. The van der Waals surface area contributed by atoms with Crippen LogP contribution in [-0.4, -0.2) is 33.9 Å². The van der Waals surface area contributed by atoms with Crippen LogP contribution in [0.2, 0.25) is 0 Å². The van der Waals surface area contributed by atoms with Gasteiger partial charge < -0.3 is 10.0 Å². The number of aliphatic hydroxyl groups is 1. The highest BCUT2D eigenvalue weighted by Crippen LogP contribution is 2.50. The maximum Gasteiger partial charge on any atom is 0.177 e. The average molecular weight is 322 g/mol. The van der Waals surface area contributed by atoms with Crippen molar-refractivity contribution < 1.29 is 9.90 Å². The molecule has 0 radical (unpaired) electrons. The van der Waals surface area contributed by atoms with Crippen molar-refractivity contribution in [2.24, 2.45) is 5.41 Å². The highest BCUT2D eigenvalue weighted by Gasteiger charge is 2.41. The number of piperidine rings is 1. The molecule has 3 aliphatic rings. The van der Waals surface area contributed by atoms with E-state index in [1.165, 1.54) is 32.1 Å². The minimum atomic E-state index is -0.108. The van der Waals surface area contributed by atoms with Gasteiger partial charge in [0.1, 0.15) is 0 Å². The summed E-state index contributed by atoms with van der Waals surface area (Å²) in [5.74, 6) is 2.64. The number of aromatic nitrogens is 1. The highest BCUT2D eigenvalue weighted by molar-refractivity contribution is 6.10. The molecule has 0 bridgehead atoms. The van der Waals surface area contributed by atoms with Gasteiger partial charge in [-0.2, -0.15) is 0 Å². The Kier molecular flexibility index (Phi) is 3.69. The molecule has 4 nitrogen and oxygen atoms in total. The van der Waals surface area contributed by atoms with Gasteiger partial charge in [0.25, 0.3) is 0 Å². The molecule has 4 heteroatoms. The number of fused-ring (bicyclic) bond motifs is 1. The standard InChI is InChI=1S/C20H22N2O2/c1-2-16-18(24)10-14-12-21-15(13-23)11-17(14)19(16)22-8-6-20(7-9-22)4-3-5-20/h1,11-12,23H,3-10,13H2. The molecule has 1 saturated carbocycles. The molecule has 2 aliphatic carbocycles. The third kappa shape index (κ3) is 2.35. The zero-order valence-corrected chi connectivity index (χ0v) is 13.8. The van der Waals surface area contributed by atoms with Crippen molar-refractivity contribution in [3.63, 3.8) is 0 Å². The van der Waals surface area contributed by atoms with Gasteiger partial charge in [0.05, 0.1) is 23.6 Å². The Balaban J connectivity index is 1.73. The molecular weight excluding hydrogens is 300 g/mol. The summed E-state index contributed by atoms with van der Waals surface area (Å²) in [5, 5.41) is 9.42. The van der Waals surface area contributed by atoms with Crippen molar-refractivity contribution in [2.45, 2.75) is 45.1 Å². The van der Waals surface area contributed by atoms with Crippen molar-refractivity contribution in [2.75, 3.05) is 13.1 Å². The van der Waals surface area contributed by atoms with Crippen molar-refractivity contribution in [3.8, 4) is 12.3 Å². The molecule has 4 rings (SSSR count). The summed E-state index contributed by atoms with van der Waals surface area (Å²) in [6.07, 6.45) is 14.1. The van der Waals surface area contributed by atoms with Crippen LogP contribution in [0, 0.1) is 17.8 Å². The summed E-state index contributed by atoms with van der Waals surface area (Å²) in [7, 11) is 0. The lowest BCUT2D eigenvalue weighted by molar-refractivity contribution is -0.114. The fourth-order valence-electron chi connectivity index (χ4n) is 4.36. The molecule has 1 aromatic heterocycles. The Morgan fingerprint density at radius 3 is 2.62 bits per heavy atom. The van der Waals surface area contributed by atoms with Gasteiger partial charge in [0, 0.05) is 31.3 Å². The quantitative estimate of drug-likeness (QED) is 0.849. The number of ketones is 1. The first-order chi connectivity index (χ1) is 11.7. The number of carbonyl (C=O) groups excluding carboxylic acids is 1. The van der Waals surface area contributed by atoms with Gasteiger partial charge in [0.15, 0.2) is 5.78 Å². The van der Waals surface area contributed by atoms with E-state index in [2.05, 4.69) is 15.8 Å². The zero-order chi connectivity index (χ0) is 16.7. The molecule has 0 atom stereocenters. The molecule has 2 heterocycles. The van der Waals surface area contributed by atoms with Crippen LogP contribution in [-0.2, 0) is 17.8 Å². The summed E-state index contributed by atoms with van der Waals surface area (Å²) < 4.78 is 0. The second kappa shape index (κ2) is 5.75. The number of terminal acetylenes is 1. The van der Waals surface area contributed by atoms with Gasteiger partial charge in [-0.1, -0.05) is 12.3 Å². The minimum absolute atomic E-state index is 0.00230. The number of nitrogens with zero attached hydrogens (tertiary/aromatic N) is 2. The van der Waals surface area contributed by atoms with Crippen molar-refractivity contribution in [1.29, 1.82) is 0 Å². The van der Waals surface area contributed by atoms with Crippen LogP contribution >= 0.6 is 0 Å². The van der Waals surface area contributed by atoms with Crippen LogP contribution in [0.15, 0.2) is 17.8 Å². The van der Waals surface area contributed by atoms with Crippen LogP contribution in [0.1, 0.15) is 48.9 Å². The van der Waals surface area contributed by atoms with Gasteiger partial charge >= 0.3 is 0 Å². The molecule has 0 amide bonds. The Morgan fingerprint density at radius 1 is 1.29 bits per heavy atom. The topological polar surface area (TPSA) is 53.4 Å². The summed E-state index contributed by atoms with van der Waals surface area (Å²) in [6, 6.07) is 1.89. The molecule has 1 spiro atoms. The van der Waals surface area contributed by atoms with Crippen molar-refractivity contribution in [1.82, 2.24) is 9.88 Å². The molecule has 1 aliphatic heterocycles. The summed E-state index contributed by atoms with van der Waals surface area (Å²) in [4.78, 5) is 19.0. The maximum absolute atomic E-state index is 12.5. The number of pyridine rings is 1. The van der Waals surface area contributed by atoms with Crippen molar-refractivity contribution in [3.05, 3.63) is 34.7 Å². The molecule has 1 saturated heterocycles. The van der Waals surface area contributed by atoms with E-state index in [1.54, 1.807) is 6.20 Å². The van der Waals surface area contributed by atoms with E-state index in [1.807, 2.05) is 6.07 Å². The largest absolute Gasteiger partial charge is 0.390 e. The average Bonchev–Trinajstić information content (AvgIpc) is 2.59. The third-order valence-electron chi connectivity index (χ3n) is 6.03. The number of hydrogen-bond donors (Lipinski definition) is 1. The molecule has 1 N–H and O–H groups in total. The van der Waals surface area contributed by atoms with E-state index >= 15 is 0 Å². The van der Waals surface area contributed by atoms with Gasteiger partial charge in [0.2, 0.25) is 0 Å². The van der Waals surface area contributed by atoms with Gasteiger partial charge in [-0.05, 0) is 42.7 Å². The summed E-state index contributed by atoms with van der Waals surface area (Å²) >= 11 is 0. The lowest BCUT2D eigenvalue weighted by atomic mass is 9.63. The predicted molar refractivity (Wildman–Crippen MR) is 91.7 cm³/mol. The Labute approximate surface area is 142 Å². The molecule has 24 heavy (non-hydrogen) atoms. The number of hydrogen-bond acceptors (Lipinski definition) is 4. The normalized spacial score (nSPS) is 22.2. The van der Waals surface area contributed by atoms with Crippen LogP contribution in [0.5, 0.6) is 0 Å². The maximum atomic E-state index is 12.5. The van der Waals surface area contributed by atoms with E-state index in [4.69, 9.17) is 6.42 Å². The number of aliphatic hydroxyl groups excluding tert-OH is 1. The molecule has 0 unspecified atom stereocenters. The first-order valence-electron chi connectivity index (χ1n) is 8.74. The van der Waals surface area contributed by atoms with Crippen LogP contribution < -0.4 is 0 Å². The summed E-state index contributed by atoms with van der Waals surface area (Å²) in [6.45, 7) is 1.79. The second-order valence-corrected chi connectivity index (χ2v) is 7.30. The fraction of sp³-hybridized carbons (Fsp3) is 0.500. The SMILES string of the molecule is C#CC1=C(N2CCC3(CCC3)CC2)c2cc(CO)ncc2CC1=O. The smallest absolute Gasteiger partial charge is 0.177 e. The fourth-order valence-corrected chi connectivity index (χ4v) is 4.36. The van der Waals surface area contributed by atoms with Gasteiger partial charge in [-0.3, -0.25) is 9.78 Å². The summed E-state index contributed by atoms with van der Waals surface area (Å²) in [5.41, 5.74) is 4.42. The minimum Gasteiger partial charge on any atom is -0.390 e. The van der Waals surface area contributed by atoms with E-state index in [0.29, 0.717) is 23.1 Å². The van der Waals surface area contributed by atoms with E-state index < -0.39 is 0 Å². The number of carbonyl (C=O) groups is 1. The lowest BCUT2D eigenvalue weighted by Crippen LogP contribution is -2.43. The number of allylic oxidation sites excluding steroid dienone is 1. The van der Waals surface area contributed by atoms with Crippen LogP contribution in [0.3, 0.4) is 0 Å². The zero-order valence-electron chi connectivity index (χ0n) is 13.8. The predicted octanol–water partition coefficient (Wildman–Crippen LogP) is 2.31. The molecular formula is C20H22N2O2. The lowest BCUT2D eigenvalue weighted by Gasteiger charge is -2.49. The number of rotatable bonds is 2. The molecule has 124 valence electrons. The van der Waals surface area contributed by atoms with Gasteiger partial charge in [-0.15, -0.1) is 6.42 Å². The van der Waals surface area contributed by atoms with Crippen LogP contribution in [0.4, 0.5) is 0 Å². The van der Waals surface area contributed by atoms with E-state index in [-0.39, 0.29) is 12.4 Å². The molecule has 2 fully saturated rings. The van der Waals surface area contributed by atoms with Crippen molar-refractivity contribution >= 4 is 11.5 Å². The Bertz CT molecular complexity index is 758. The van der Waals surface area contributed by atoms with E-state index in [9.17, 15) is 9.90 Å². The Morgan fingerprint density at radius 2 is 2.04 bits per heavy atom. The Hall–Kier alpha value is -2.12. The monoisotopic (exact) mass is 322 g/mol. The van der Waals surface area contributed by atoms with Crippen LogP contribution in [0.25, 0.3) is 5.70 Å². The number of Topliss-reactive ketones (excluding diaryl/α,β-unsaturated/α-hetero) is 1. The highest BCUT2D eigenvalue weighted by atomic mass is 16.3. The molecule has 0 aromatic carbocycles. The number of likely N-dealkylation sites (tertiary alicyclic amines) is 1. The third-order valence-corrected chi connectivity index (χ3v) is 6.03. The first kappa shape index (κ1) is 15.4. The first-order valence-corrected chi connectivity index (χ1v) is 8.74.